The van der Waals surface area contributed by atoms with Crippen LogP contribution in [0.15, 0.2) is 21.2 Å². The molecule has 1 aromatic heterocycles. The molecule has 5 heteroatoms. The molecule has 2 rings (SSSR count). The van der Waals surface area contributed by atoms with Gasteiger partial charge in [0.2, 0.25) is 5.79 Å². The van der Waals surface area contributed by atoms with Crippen LogP contribution in [0.3, 0.4) is 0 Å². The van der Waals surface area contributed by atoms with Gasteiger partial charge in [-0.2, -0.15) is 0 Å². The maximum absolute atomic E-state index is 8.81. The van der Waals surface area contributed by atoms with E-state index in [-0.39, 0.29) is 12.7 Å². The van der Waals surface area contributed by atoms with Gasteiger partial charge in [-0.25, -0.2) is 0 Å². The zero-order valence-corrected chi connectivity index (χ0v) is 9.99. The lowest BCUT2D eigenvalue weighted by atomic mass is 10.2. The zero-order chi connectivity index (χ0) is 10.9. The van der Waals surface area contributed by atoms with Crippen molar-refractivity contribution in [3.8, 4) is 0 Å². The summed E-state index contributed by atoms with van der Waals surface area (Å²) in [6.45, 7) is 2.40. The molecule has 1 aliphatic heterocycles. The van der Waals surface area contributed by atoms with Crippen LogP contribution < -0.4 is 0 Å². The van der Waals surface area contributed by atoms with Crippen LogP contribution in [0.2, 0.25) is 0 Å². The number of rotatable bonds is 3. The molecule has 2 atom stereocenters. The van der Waals surface area contributed by atoms with Crippen molar-refractivity contribution in [2.24, 2.45) is 0 Å². The lowest BCUT2D eigenvalue weighted by molar-refractivity contribution is -0.175. The first-order valence-corrected chi connectivity index (χ1v) is 5.62. The minimum atomic E-state index is -0.828. The van der Waals surface area contributed by atoms with Gasteiger partial charge in [-0.1, -0.05) is 0 Å². The largest absolute Gasteiger partial charge is 0.449 e. The zero-order valence-electron chi connectivity index (χ0n) is 8.40. The molecule has 0 radical (unpaired) electrons. The highest BCUT2D eigenvalue weighted by atomic mass is 79.9. The van der Waals surface area contributed by atoms with Gasteiger partial charge < -0.3 is 19.0 Å². The molecule has 0 aliphatic carbocycles. The van der Waals surface area contributed by atoms with Crippen molar-refractivity contribution in [1.82, 2.24) is 0 Å². The van der Waals surface area contributed by atoms with Crippen molar-refractivity contribution in [2.45, 2.75) is 25.2 Å². The van der Waals surface area contributed by atoms with Gasteiger partial charge in [-0.05, 0) is 41.4 Å². The maximum atomic E-state index is 8.81. The van der Waals surface area contributed by atoms with Crippen molar-refractivity contribution < 1.29 is 19.0 Å². The molecule has 0 spiro atoms. The summed E-state index contributed by atoms with van der Waals surface area (Å²) >= 11 is 3.23. The van der Waals surface area contributed by atoms with Crippen molar-refractivity contribution in [3.05, 3.63) is 22.6 Å². The minimum Gasteiger partial charge on any atom is -0.449 e. The molecule has 2 unspecified atom stereocenters. The van der Waals surface area contributed by atoms with Crippen molar-refractivity contribution >= 4 is 15.9 Å². The fraction of sp³-hybridized carbons (Fsp3) is 0.600. The van der Waals surface area contributed by atoms with Crippen LogP contribution in [-0.4, -0.2) is 24.4 Å². The number of hydrogen-bond acceptors (Lipinski definition) is 4. The number of aliphatic hydroxyl groups is 1. The monoisotopic (exact) mass is 276 g/mol. The Bertz CT molecular complexity index is 338. The molecule has 15 heavy (non-hydrogen) atoms. The van der Waals surface area contributed by atoms with E-state index >= 15 is 0 Å². The van der Waals surface area contributed by atoms with E-state index in [4.69, 9.17) is 19.0 Å². The Morgan fingerprint density at radius 3 is 3.00 bits per heavy atom. The first kappa shape index (κ1) is 11.1. The van der Waals surface area contributed by atoms with Gasteiger partial charge in [0.25, 0.3) is 0 Å². The summed E-state index contributed by atoms with van der Waals surface area (Å²) in [5, 5.41) is 8.81. The highest BCUT2D eigenvalue weighted by Gasteiger charge is 2.41. The van der Waals surface area contributed by atoms with Gasteiger partial charge in [-0.3, -0.25) is 0 Å². The molecule has 1 aliphatic rings. The Morgan fingerprint density at radius 2 is 2.40 bits per heavy atom. The summed E-state index contributed by atoms with van der Waals surface area (Å²) in [7, 11) is 0. The minimum absolute atomic E-state index is 0.0659. The van der Waals surface area contributed by atoms with Crippen LogP contribution >= 0.6 is 15.9 Å². The topological polar surface area (TPSA) is 51.8 Å². The predicted octanol–water partition coefficient (Wildman–Crippen LogP) is 2.01. The van der Waals surface area contributed by atoms with Gasteiger partial charge in [0.15, 0.2) is 10.4 Å². The van der Waals surface area contributed by atoms with Gasteiger partial charge in [-0.15, -0.1) is 0 Å². The van der Waals surface area contributed by atoms with E-state index in [0.29, 0.717) is 23.5 Å². The third-order valence-electron chi connectivity index (χ3n) is 2.41. The molecule has 1 saturated heterocycles. The van der Waals surface area contributed by atoms with Gasteiger partial charge in [0.05, 0.1) is 12.7 Å². The molecule has 0 saturated carbocycles. The van der Waals surface area contributed by atoms with E-state index in [0.717, 1.165) is 0 Å². The van der Waals surface area contributed by atoms with Crippen LogP contribution in [0.4, 0.5) is 0 Å². The summed E-state index contributed by atoms with van der Waals surface area (Å²) in [6.07, 6.45) is 0.515. The van der Waals surface area contributed by atoms with Crippen molar-refractivity contribution in [2.75, 3.05) is 13.2 Å². The Kier molecular flexibility index (Phi) is 3.16. The van der Waals surface area contributed by atoms with E-state index < -0.39 is 5.79 Å². The number of hydrogen-bond donors (Lipinski definition) is 1. The third kappa shape index (κ3) is 2.25. The number of aliphatic hydroxyl groups excluding tert-OH is 1. The highest BCUT2D eigenvalue weighted by molar-refractivity contribution is 9.10. The van der Waals surface area contributed by atoms with Gasteiger partial charge in [0.1, 0.15) is 0 Å². The van der Waals surface area contributed by atoms with E-state index in [1.807, 2.05) is 13.0 Å². The fourth-order valence-corrected chi connectivity index (χ4v) is 1.92. The molecule has 0 amide bonds. The number of ether oxygens (including phenoxy) is 2. The Hall–Kier alpha value is -0.360. The summed E-state index contributed by atoms with van der Waals surface area (Å²) in [4.78, 5) is 0. The lowest BCUT2D eigenvalue weighted by Gasteiger charge is -2.20. The lowest BCUT2D eigenvalue weighted by Crippen LogP contribution is -2.23. The number of furan rings is 1. The molecular weight excluding hydrogens is 264 g/mol. The molecule has 2 heterocycles. The average molecular weight is 277 g/mol. The van der Waals surface area contributed by atoms with Crippen LogP contribution in [0, 0.1) is 0 Å². The molecule has 1 N–H and O–H groups in total. The standard InChI is InChI=1S/C10H13BrO4/c1-10(8-2-3-9(11)14-8)13-6-7(15-10)4-5-12/h2-3,7,12H,4-6H2,1H3. The third-order valence-corrected chi connectivity index (χ3v) is 2.83. The molecule has 1 aromatic rings. The van der Waals surface area contributed by atoms with Crippen LogP contribution in [0.25, 0.3) is 0 Å². The maximum Gasteiger partial charge on any atom is 0.225 e. The van der Waals surface area contributed by atoms with Gasteiger partial charge in [0, 0.05) is 6.61 Å². The quantitative estimate of drug-likeness (QED) is 0.918. The highest BCUT2D eigenvalue weighted by Crippen LogP contribution is 2.36. The first-order valence-electron chi connectivity index (χ1n) is 4.82. The summed E-state index contributed by atoms with van der Waals surface area (Å²) in [5.41, 5.74) is 0. The van der Waals surface area contributed by atoms with E-state index in [1.54, 1.807) is 6.07 Å². The van der Waals surface area contributed by atoms with E-state index in [2.05, 4.69) is 15.9 Å². The van der Waals surface area contributed by atoms with E-state index in [1.165, 1.54) is 0 Å². The SMILES string of the molecule is CC1(c2ccc(Br)o2)OCC(CCO)O1. The smallest absolute Gasteiger partial charge is 0.225 e. The fourth-order valence-electron chi connectivity index (χ4n) is 1.61. The van der Waals surface area contributed by atoms with Crippen LogP contribution in [-0.2, 0) is 15.3 Å². The molecule has 0 aromatic carbocycles. The summed E-state index contributed by atoms with van der Waals surface area (Å²) in [6, 6.07) is 3.61. The second-order valence-corrected chi connectivity index (χ2v) is 4.39. The Balaban J connectivity index is 2.09. The first-order chi connectivity index (χ1) is 7.14. The number of halogens is 1. The Labute approximate surface area is 96.3 Å². The average Bonchev–Trinajstić information content (AvgIpc) is 2.75. The Morgan fingerprint density at radius 1 is 1.60 bits per heavy atom. The summed E-state index contributed by atoms with van der Waals surface area (Å²) in [5.74, 6) is -0.193. The molecule has 1 fully saturated rings. The predicted molar refractivity (Wildman–Crippen MR) is 56.3 cm³/mol. The molecular formula is C10H13BrO4. The van der Waals surface area contributed by atoms with Crippen LogP contribution in [0.5, 0.6) is 0 Å². The van der Waals surface area contributed by atoms with Crippen LogP contribution in [0.1, 0.15) is 19.1 Å². The normalized spacial score (nSPS) is 31.0. The molecule has 84 valence electrons. The summed E-state index contributed by atoms with van der Waals surface area (Å²) < 4.78 is 17.3. The molecule has 0 bridgehead atoms. The second-order valence-electron chi connectivity index (χ2n) is 3.61. The van der Waals surface area contributed by atoms with E-state index in [9.17, 15) is 0 Å². The van der Waals surface area contributed by atoms with Gasteiger partial charge >= 0.3 is 0 Å². The van der Waals surface area contributed by atoms with Crippen molar-refractivity contribution in [3.63, 3.8) is 0 Å². The van der Waals surface area contributed by atoms with Crippen molar-refractivity contribution in [1.29, 1.82) is 0 Å². The molecule has 4 nitrogen and oxygen atoms in total. The second kappa shape index (κ2) is 4.25.